The molecule has 2 heteroatoms. The number of benzene rings is 3. The maximum Gasteiger partial charge on any atom is 0.161 e. The maximum atomic E-state index is 11.9. The molecule has 4 aromatic rings. The molecule has 0 unspecified atom stereocenters. The number of Topliss-reactive ketones (excluding diaryl/α,β-unsaturated/α-hetero) is 1. The van der Waals surface area contributed by atoms with Gasteiger partial charge in [0, 0.05) is 29.2 Å². The highest BCUT2D eigenvalue weighted by Gasteiger charge is 2.12. The van der Waals surface area contributed by atoms with Crippen LogP contribution in [-0.4, -0.2) is 10.4 Å². The van der Waals surface area contributed by atoms with E-state index in [2.05, 4.69) is 53.1 Å². The van der Waals surface area contributed by atoms with Gasteiger partial charge in [-0.2, -0.15) is 0 Å². The van der Waals surface area contributed by atoms with Crippen molar-refractivity contribution in [2.24, 2.45) is 0 Å². The van der Waals surface area contributed by atoms with Crippen molar-refractivity contribution in [1.82, 2.24) is 4.57 Å². The lowest BCUT2D eigenvalue weighted by atomic mass is 10.0. The van der Waals surface area contributed by atoms with E-state index in [0.29, 0.717) is 0 Å². The Morgan fingerprint density at radius 1 is 0.870 bits per heavy atom. The summed E-state index contributed by atoms with van der Waals surface area (Å²) in [4.78, 5) is 11.9. The number of ketones is 1. The normalized spacial score (nSPS) is 11.2. The number of nitrogens with zero attached hydrogens (tertiary/aromatic N) is 1. The van der Waals surface area contributed by atoms with Crippen LogP contribution >= 0.6 is 0 Å². The SMILES string of the molecule is CC(=O)c1cn(Cc2cccc3ccccc23)c2ccccc12. The van der Waals surface area contributed by atoms with Gasteiger partial charge in [0.2, 0.25) is 0 Å². The Balaban J connectivity index is 1.88. The Morgan fingerprint density at radius 3 is 2.39 bits per heavy atom. The number of rotatable bonds is 3. The van der Waals surface area contributed by atoms with E-state index in [1.165, 1.54) is 16.3 Å². The first-order valence-electron chi connectivity index (χ1n) is 7.79. The third-order valence-corrected chi connectivity index (χ3v) is 4.39. The van der Waals surface area contributed by atoms with Crippen molar-refractivity contribution in [2.45, 2.75) is 13.5 Å². The largest absolute Gasteiger partial charge is 0.342 e. The fourth-order valence-electron chi connectivity index (χ4n) is 3.27. The van der Waals surface area contributed by atoms with Crippen LogP contribution in [0.4, 0.5) is 0 Å². The number of fused-ring (bicyclic) bond motifs is 2. The first-order chi connectivity index (χ1) is 11.2. The van der Waals surface area contributed by atoms with Gasteiger partial charge < -0.3 is 4.57 Å². The van der Waals surface area contributed by atoms with Gasteiger partial charge >= 0.3 is 0 Å². The zero-order chi connectivity index (χ0) is 15.8. The number of aromatic nitrogens is 1. The molecule has 0 aliphatic carbocycles. The van der Waals surface area contributed by atoms with Crippen molar-refractivity contribution in [3.05, 3.63) is 84.1 Å². The van der Waals surface area contributed by atoms with Gasteiger partial charge in [-0.25, -0.2) is 0 Å². The van der Waals surface area contributed by atoms with E-state index in [4.69, 9.17) is 0 Å². The molecule has 0 fully saturated rings. The van der Waals surface area contributed by atoms with E-state index in [9.17, 15) is 4.79 Å². The summed E-state index contributed by atoms with van der Waals surface area (Å²) in [7, 11) is 0. The summed E-state index contributed by atoms with van der Waals surface area (Å²) in [6.45, 7) is 2.39. The number of para-hydroxylation sites is 1. The molecular formula is C21H17NO. The van der Waals surface area contributed by atoms with Gasteiger partial charge in [0.25, 0.3) is 0 Å². The molecule has 23 heavy (non-hydrogen) atoms. The van der Waals surface area contributed by atoms with Crippen LogP contribution < -0.4 is 0 Å². The van der Waals surface area contributed by atoms with Crippen molar-refractivity contribution in [3.63, 3.8) is 0 Å². The third kappa shape index (κ3) is 2.33. The second-order valence-electron chi connectivity index (χ2n) is 5.88. The van der Waals surface area contributed by atoms with E-state index >= 15 is 0 Å². The van der Waals surface area contributed by atoms with Gasteiger partial charge in [-0.05, 0) is 29.3 Å². The number of hydrogen-bond donors (Lipinski definition) is 0. The molecule has 3 aromatic carbocycles. The molecule has 0 spiro atoms. The molecule has 0 atom stereocenters. The fourth-order valence-corrected chi connectivity index (χ4v) is 3.27. The van der Waals surface area contributed by atoms with Crippen LogP contribution in [0, 0.1) is 0 Å². The van der Waals surface area contributed by atoms with Crippen LogP contribution in [0.25, 0.3) is 21.7 Å². The number of carbonyl (C=O) groups is 1. The van der Waals surface area contributed by atoms with Gasteiger partial charge in [-0.3, -0.25) is 4.79 Å². The van der Waals surface area contributed by atoms with E-state index in [1.54, 1.807) is 6.92 Å². The molecule has 0 N–H and O–H groups in total. The summed E-state index contributed by atoms with van der Waals surface area (Å²) >= 11 is 0. The quantitative estimate of drug-likeness (QED) is 0.485. The van der Waals surface area contributed by atoms with Crippen LogP contribution in [0.1, 0.15) is 22.8 Å². The lowest BCUT2D eigenvalue weighted by Gasteiger charge is -2.09. The smallest absolute Gasteiger partial charge is 0.161 e. The molecule has 0 aliphatic rings. The zero-order valence-electron chi connectivity index (χ0n) is 13.0. The maximum absolute atomic E-state index is 11.9. The predicted octanol–water partition coefficient (Wildman–Crippen LogP) is 5.05. The van der Waals surface area contributed by atoms with Crippen LogP contribution in [0.5, 0.6) is 0 Å². The molecule has 1 heterocycles. The Bertz CT molecular complexity index is 1020. The first-order valence-corrected chi connectivity index (χ1v) is 7.79. The average molecular weight is 299 g/mol. The number of hydrogen-bond acceptors (Lipinski definition) is 1. The van der Waals surface area contributed by atoms with Crippen molar-refractivity contribution in [1.29, 1.82) is 0 Å². The van der Waals surface area contributed by atoms with Crippen molar-refractivity contribution >= 4 is 27.5 Å². The molecule has 0 saturated heterocycles. The summed E-state index contributed by atoms with van der Waals surface area (Å²) in [6, 6.07) is 22.9. The highest BCUT2D eigenvalue weighted by Crippen LogP contribution is 2.25. The molecule has 0 bridgehead atoms. The monoisotopic (exact) mass is 299 g/mol. The van der Waals surface area contributed by atoms with Crippen molar-refractivity contribution in [3.8, 4) is 0 Å². The summed E-state index contributed by atoms with van der Waals surface area (Å²) in [5.74, 6) is 0.109. The van der Waals surface area contributed by atoms with E-state index < -0.39 is 0 Å². The second kappa shape index (κ2) is 5.40. The lowest BCUT2D eigenvalue weighted by Crippen LogP contribution is -1.99. The predicted molar refractivity (Wildman–Crippen MR) is 95.0 cm³/mol. The van der Waals surface area contributed by atoms with Gasteiger partial charge in [-0.15, -0.1) is 0 Å². The molecule has 0 radical (unpaired) electrons. The Labute approximate surface area is 135 Å². The molecule has 1 aromatic heterocycles. The van der Waals surface area contributed by atoms with E-state index in [-0.39, 0.29) is 5.78 Å². The van der Waals surface area contributed by atoms with Crippen LogP contribution in [0.2, 0.25) is 0 Å². The molecular weight excluding hydrogens is 282 g/mol. The molecule has 0 amide bonds. The topological polar surface area (TPSA) is 22.0 Å². The summed E-state index contributed by atoms with van der Waals surface area (Å²) in [5.41, 5.74) is 3.16. The second-order valence-corrected chi connectivity index (χ2v) is 5.88. The van der Waals surface area contributed by atoms with Crippen LogP contribution in [0.3, 0.4) is 0 Å². The average Bonchev–Trinajstić information content (AvgIpc) is 2.94. The van der Waals surface area contributed by atoms with Gasteiger partial charge in [-0.1, -0.05) is 60.7 Å². The fraction of sp³-hybridized carbons (Fsp3) is 0.0952. The minimum Gasteiger partial charge on any atom is -0.342 e. The first kappa shape index (κ1) is 13.8. The Hall–Kier alpha value is -2.87. The molecule has 112 valence electrons. The highest BCUT2D eigenvalue weighted by atomic mass is 16.1. The van der Waals surface area contributed by atoms with Gasteiger partial charge in [0.15, 0.2) is 5.78 Å². The van der Waals surface area contributed by atoms with Crippen LogP contribution in [-0.2, 0) is 6.54 Å². The minimum atomic E-state index is 0.109. The highest BCUT2D eigenvalue weighted by molar-refractivity contribution is 6.07. The zero-order valence-corrected chi connectivity index (χ0v) is 13.0. The van der Waals surface area contributed by atoms with E-state index in [1.807, 2.05) is 24.4 Å². The molecule has 4 rings (SSSR count). The minimum absolute atomic E-state index is 0.109. The van der Waals surface area contributed by atoms with Gasteiger partial charge in [0.1, 0.15) is 0 Å². The summed E-state index contributed by atoms with van der Waals surface area (Å²) in [6.07, 6.45) is 1.98. The Morgan fingerprint density at radius 2 is 1.57 bits per heavy atom. The third-order valence-electron chi connectivity index (χ3n) is 4.39. The van der Waals surface area contributed by atoms with E-state index in [0.717, 1.165) is 23.0 Å². The summed E-state index contributed by atoms with van der Waals surface area (Å²) in [5, 5.41) is 3.53. The number of carbonyl (C=O) groups excluding carboxylic acids is 1. The molecule has 0 saturated carbocycles. The van der Waals surface area contributed by atoms with Gasteiger partial charge in [0.05, 0.1) is 0 Å². The Kier molecular flexibility index (Phi) is 3.23. The lowest BCUT2D eigenvalue weighted by molar-refractivity contribution is 0.101. The van der Waals surface area contributed by atoms with Crippen molar-refractivity contribution in [2.75, 3.05) is 0 Å². The van der Waals surface area contributed by atoms with Crippen LogP contribution in [0.15, 0.2) is 72.9 Å². The van der Waals surface area contributed by atoms with Crippen molar-refractivity contribution < 1.29 is 4.79 Å². The molecule has 2 nitrogen and oxygen atoms in total. The summed E-state index contributed by atoms with van der Waals surface area (Å²) < 4.78 is 2.17. The molecule has 0 aliphatic heterocycles. The standard InChI is InChI=1S/C21H17NO/c1-15(23)20-14-22(21-12-5-4-11-19(20)21)13-17-9-6-8-16-7-2-3-10-18(16)17/h2-12,14H,13H2,1H3.